The van der Waals surface area contributed by atoms with Gasteiger partial charge in [0.05, 0.1) is 5.60 Å². The number of halogens is 1. The van der Waals surface area contributed by atoms with Crippen molar-refractivity contribution in [3.63, 3.8) is 0 Å². The fraction of sp³-hybridized carbons (Fsp3) is 0.269. The van der Waals surface area contributed by atoms with Gasteiger partial charge in [0.1, 0.15) is 5.69 Å². The van der Waals surface area contributed by atoms with Crippen molar-refractivity contribution < 1.29 is 19.4 Å². The van der Waals surface area contributed by atoms with Gasteiger partial charge in [-0.25, -0.2) is 9.78 Å². The van der Waals surface area contributed by atoms with Crippen molar-refractivity contribution in [1.29, 1.82) is 0 Å². The van der Waals surface area contributed by atoms with E-state index in [0.717, 1.165) is 5.56 Å². The standard InChI is InChI=1S/C26H27ClN2O4/c1-15-20(17-11-13-18(27)14-12-17)21(23(25(31)32)33-26(3,4)5)16(2)28-22(15)24(30)29-19-9-7-6-8-10-19/h6-14,23H,1-5H3,(H,29,30)(H,31,32)/t23-/m0/s1. The monoisotopic (exact) mass is 466 g/mol. The number of aryl methyl sites for hydroxylation is 1. The first-order valence-electron chi connectivity index (χ1n) is 10.5. The maximum absolute atomic E-state index is 13.1. The number of rotatable bonds is 6. The van der Waals surface area contributed by atoms with E-state index in [1.54, 1.807) is 71.0 Å². The molecule has 0 aliphatic heterocycles. The van der Waals surface area contributed by atoms with Gasteiger partial charge >= 0.3 is 5.97 Å². The van der Waals surface area contributed by atoms with E-state index in [1.807, 2.05) is 18.2 Å². The van der Waals surface area contributed by atoms with Crippen LogP contribution in [0, 0.1) is 13.8 Å². The Kier molecular flexibility index (Phi) is 7.20. The summed E-state index contributed by atoms with van der Waals surface area (Å²) in [6, 6.07) is 16.1. The van der Waals surface area contributed by atoms with Crippen LogP contribution in [0.3, 0.4) is 0 Å². The normalized spacial score (nSPS) is 12.3. The lowest BCUT2D eigenvalue weighted by molar-refractivity contribution is -0.160. The molecule has 0 aliphatic rings. The van der Waals surface area contributed by atoms with E-state index in [9.17, 15) is 14.7 Å². The Balaban J connectivity index is 2.23. The van der Waals surface area contributed by atoms with E-state index in [0.29, 0.717) is 33.1 Å². The topological polar surface area (TPSA) is 88.5 Å². The number of aliphatic carboxylic acids is 1. The number of hydrogen-bond donors (Lipinski definition) is 2. The van der Waals surface area contributed by atoms with Gasteiger partial charge in [-0.2, -0.15) is 0 Å². The maximum Gasteiger partial charge on any atom is 0.337 e. The molecule has 0 unspecified atom stereocenters. The number of amides is 1. The highest BCUT2D eigenvalue weighted by Gasteiger charge is 2.33. The average Bonchev–Trinajstić information content (AvgIpc) is 2.74. The third kappa shape index (κ3) is 5.78. The zero-order valence-electron chi connectivity index (χ0n) is 19.3. The fourth-order valence-corrected chi connectivity index (χ4v) is 3.77. The van der Waals surface area contributed by atoms with Crippen LogP contribution in [-0.4, -0.2) is 27.6 Å². The van der Waals surface area contributed by atoms with Gasteiger partial charge in [0, 0.05) is 22.0 Å². The van der Waals surface area contributed by atoms with Gasteiger partial charge < -0.3 is 15.2 Å². The quantitative estimate of drug-likeness (QED) is 0.450. The number of pyridine rings is 1. The maximum atomic E-state index is 13.1. The number of benzene rings is 2. The van der Waals surface area contributed by atoms with Gasteiger partial charge in [-0.3, -0.25) is 4.79 Å². The van der Waals surface area contributed by atoms with Crippen molar-refractivity contribution in [3.8, 4) is 11.1 Å². The molecular formula is C26H27ClN2O4. The van der Waals surface area contributed by atoms with Crippen molar-refractivity contribution in [2.24, 2.45) is 0 Å². The number of anilines is 1. The van der Waals surface area contributed by atoms with Crippen LogP contribution in [0.15, 0.2) is 54.6 Å². The van der Waals surface area contributed by atoms with E-state index >= 15 is 0 Å². The third-order valence-electron chi connectivity index (χ3n) is 5.01. The van der Waals surface area contributed by atoms with Crippen LogP contribution < -0.4 is 5.32 Å². The summed E-state index contributed by atoms with van der Waals surface area (Å²) in [5.41, 5.74) is 2.81. The Morgan fingerprint density at radius 3 is 2.18 bits per heavy atom. The first-order valence-corrected chi connectivity index (χ1v) is 10.9. The van der Waals surface area contributed by atoms with Crippen LogP contribution in [0.4, 0.5) is 5.69 Å². The van der Waals surface area contributed by atoms with Crippen LogP contribution in [0.5, 0.6) is 0 Å². The Morgan fingerprint density at radius 2 is 1.64 bits per heavy atom. The molecule has 7 heteroatoms. The van der Waals surface area contributed by atoms with E-state index < -0.39 is 17.7 Å². The summed E-state index contributed by atoms with van der Waals surface area (Å²) in [6.07, 6.45) is -1.27. The molecule has 0 bridgehead atoms. The molecule has 0 fully saturated rings. The predicted octanol–water partition coefficient (Wildman–Crippen LogP) is 6.21. The van der Waals surface area contributed by atoms with Gasteiger partial charge in [0.15, 0.2) is 6.10 Å². The lowest BCUT2D eigenvalue weighted by atomic mass is 9.89. The third-order valence-corrected chi connectivity index (χ3v) is 5.26. The molecule has 0 saturated heterocycles. The van der Waals surface area contributed by atoms with Crippen LogP contribution in [0.25, 0.3) is 11.1 Å². The molecule has 1 atom stereocenters. The molecule has 0 spiro atoms. The average molecular weight is 467 g/mol. The van der Waals surface area contributed by atoms with E-state index in [1.165, 1.54) is 0 Å². The molecule has 3 aromatic rings. The van der Waals surface area contributed by atoms with Crippen molar-refractivity contribution in [1.82, 2.24) is 4.98 Å². The first kappa shape index (κ1) is 24.4. The molecule has 6 nitrogen and oxygen atoms in total. The van der Waals surface area contributed by atoms with Gasteiger partial charge in [-0.1, -0.05) is 41.9 Å². The summed E-state index contributed by atoms with van der Waals surface area (Å²) >= 11 is 6.09. The summed E-state index contributed by atoms with van der Waals surface area (Å²) < 4.78 is 5.94. The molecule has 0 aliphatic carbocycles. The van der Waals surface area contributed by atoms with Crippen molar-refractivity contribution in [2.45, 2.75) is 46.3 Å². The number of carbonyl (C=O) groups excluding carboxylic acids is 1. The summed E-state index contributed by atoms with van der Waals surface area (Å²) in [5, 5.41) is 13.4. The molecule has 33 heavy (non-hydrogen) atoms. The van der Waals surface area contributed by atoms with Gasteiger partial charge in [0.25, 0.3) is 5.91 Å². The fourth-order valence-electron chi connectivity index (χ4n) is 3.64. The van der Waals surface area contributed by atoms with E-state index in [-0.39, 0.29) is 11.6 Å². The second-order valence-electron chi connectivity index (χ2n) is 8.74. The summed E-state index contributed by atoms with van der Waals surface area (Å²) in [5.74, 6) is -1.52. The van der Waals surface area contributed by atoms with Crippen molar-refractivity contribution >= 4 is 29.2 Å². The second-order valence-corrected chi connectivity index (χ2v) is 9.17. The van der Waals surface area contributed by atoms with Crippen LogP contribution >= 0.6 is 11.6 Å². The Bertz CT molecular complexity index is 1170. The second kappa shape index (κ2) is 9.73. The molecule has 172 valence electrons. The highest BCUT2D eigenvalue weighted by molar-refractivity contribution is 6.30. The smallest absolute Gasteiger partial charge is 0.337 e. The highest BCUT2D eigenvalue weighted by Crippen LogP contribution is 2.38. The number of para-hydroxylation sites is 1. The number of ether oxygens (including phenoxy) is 1. The summed E-state index contributed by atoms with van der Waals surface area (Å²) in [6.45, 7) is 8.83. The number of hydrogen-bond acceptors (Lipinski definition) is 4. The summed E-state index contributed by atoms with van der Waals surface area (Å²) in [7, 11) is 0. The number of carboxylic acids is 1. The Morgan fingerprint density at radius 1 is 1.03 bits per heavy atom. The number of carbonyl (C=O) groups is 2. The molecule has 0 saturated carbocycles. The van der Waals surface area contributed by atoms with E-state index in [2.05, 4.69) is 10.3 Å². The Labute approximate surface area is 198 Å². The number of carboxylic acid groups (broad SMARTS) is 1. The lowest BCUT2D eigenvalue weighted by Gasteiger charge is -2.28. The van der Waals surface area contributed by atoms with Gasteiger partial charge in [-0.15, -0.1) is 0 Å². The van der Waals surface area contributed by atoms with Crippen LogP contribution in [0.1, 0.15) is 54.2 Å². The summed E-state index contributed by atoms with van der Waals surface area (Å²) in [4.78, 5) is 29.9. The zero-order chi connectivity index (χ0) is 24.3. The molecule has 1 aromatic heterocycles. The molecular weight excluding hydrogens is 440 g/mol. The molecule has 3 rings (SSSR count). The number of nitrogens with zero attached hydrogens (tertiary/aromatic N) is 1. The van der Waals surface area contributed by atoms with Gasteiger partial charge in [-0.05, 0) is 75.6 Å². The van der Waals surface area contributed by atoms with Gasteiger partial charge in [0.2, 0.25) is 0 Å². The predicted molar refractivity (Wildman–Crippen MR) is 130 cm³/mol. The van der Waals surface area contributed by atoms with Crippen molar-refractivity contribution in [3.05, 3.63) is 82.1 Å². The molecule has 1 heterocycles. The zero-order valence-corrected chi connectivity index (χ0v) is 20.0. The highest BCUT2D eigenvalue weighted by atomic mass is 35.5. The van der Waals surface area contributed by atoms with E-state index in [4.69, 9.17) is 16.3 Å². The molecule has 2 N–H and O–H groups in total. The molecule has 2 aromatic carbocycles. The Hall–Kier alpha value is -3.22. The first-order chi connectivity index (χ1) is 15.5. The lowest BCUT2D eigenvalue weighted by Crippen LogP contribution is -2.29. The number of aromatic nitrogens is 1. The molecule has 0 radical (unpaired) electrons. The molecule has 1 amide bonds. The number of nitrogens with one attached hydrogen (secondary N) is 1. The van der Waals surface area contributed by atoms with Crippen LogP contribution in [-0.2, 0) is 9.53 Å². The van der Waals surface area contributed by atoms with Crippen LogP contribution in [0.2, 0.25) is 5.02 Å². The van der Waals surface area contributed by atoms with Crippen molar-refractivity contribution in [2.75, 3.05) is 5.32 Å². The minimum absolute atomic E-state index is 0.213. The SMILES string of the molecule is Cc1nc(C(=O)Nc2ccccc2)c(C)c(-c2ccc(Cl)cc2)c1[C@H](OC(C)(C)C)C(=O)O. The largest absolute Gasteiger partial charge is 0.479 e. The minimum Gasteiger partial charge on any atom is -0.479 e. The minimum atomic E-state index is -1.27.